The third-order valence-corrected chi connectivity index (χ3v) is 16.2. The van der Waals surface area contributed by atoms with Crippen LogP contribution in [0.4, 0.5) is 4.79 Å². The van der Waals surface area contributed by atoms with Crippen molar-refractivity contribution < 1.29 is 23.8 Å². The van der Waals surface area contributed by atoms with E-state index < -0.39 is 26.2 Å². The third kappa shape index (κ3) is 7.24. The lowest BCUT2D eigenvalue weighted by Gasteiger charge is -2.44. The molecule has 6 nitrogen and oxygen atoms in total. The van der Waals surface area contributed by atoms with E-state index >= 15 is 0 Å². The first kappa shape index (κ1) is 34.7. The zero-order valence-corrected chi connectivity index (χ0v) is 30.2. The molecule has 0 unspecified atom stereocenters. The van der Waals surface area contributed by atoms with Crippen LogP contribution in [0.25, 0.3) is 11.1 Å². The Balaban J connectivity index is 1.09. The van der Waals surface area contributed by atoms with E-state index in [4.69, 9.17) is 14.2 Å². The molecule has 0 radical (unpaired) electrons. The van der Waals surface area contributed by atoms with Gasteiger partial charge in [0.25, 0.3) is 0 Å². The molecule has 1 N–H and O–H groups in total. The molecule has 6 rings (SSSR count). The summed E-state index contributed by atoms with van der Waals surface area (Å²) >= 11 is 0. The summed E-state index contributed by atoms with van der Waals surface area (Å²) < 4.78 is 17.1. The molecule has 5 aromatic carbocycles. The van der Waals surface area contributed by atoms with Gasteiger partial charge in [-0.3, -0.25) is 0 Å². The normalized spacial score (nSPS) is 13.1. The molecule has 7 heteroatoms. The molecule has 0 aliphatic heterocycles. The molecule has 5 aromatic rings. The lowest BCUT2D eigenvalue weighted by molar-refractivity contribution is -0.143. The Hall–Kier alpha value is -5.14. The van der Waals surface area contributed by atoms with Gasteiger partial charge < -0.3 is 19.5 Å². The van der Waals surface area contributed by atoms with Crippen molar-refractivity contribution in [1.82, 2.24) is 5.32 Å². The minimum Gasteiger partial charge on any atom is -0.494 e. The van der Waals surface area contributed by atoms with Gasteiger partial charge in [0.2, 0.25) is 0 Å². The first-order chi connectivity index (χ1) is 24.2. The van der Waals surface area contributed by atoms with Crippen molar-refractivity contribution in [2.75, 3.05) is 20.3 Å². The minimum atomic E-state index is -2.25. The number of carbonyl (C=O) groups excluding carboxylic acids is 2. The number of hydrogen-bond acceptors (Lipinski definition) is 5. The summed E-state index contributed by atoms with van der Waals surface area (Å²) in [5.74, 6) is 0.142. The fourth-order valence-corrected chi connectivity index (χ4v) is 12.9. The molecular formula is C43H45NO5Si. The Bertz CT molecular complexity index is 1820. The molecule has 1 aliphatic rings. The van der Waals surface area contributed by atoms with Crippen LogP contribution in [0.15, 0.2) is 133 Å². The molecule has 50 heavy (non-hydrogen) atoms. The monoisotopic (exact) mass is 683 g/mol. The van der Waals surface area contributed by atoms with Gasteiger partial charge in [-0.15, -0.1) is 0 Å². The van der Waals surface area contributed by atoms with E-state index in [1.165, 1.54) is 17.5 Å². The van der Waals surface area contributed by atoms with Gasteiger partial charge in [0.15, 0.2) is 0 Å². The van der Waals surface area contributed by atoms with Crippen LogP contribution >= 0.6 is 0 Å². The average Bonchev–Trinajstić information content (AvgIpc) is 3.46. The van der Waals surface area contributed by atoms with E-state index in [1.807, 2.05) is 48.5 Å². The number of carbonyl (C=O) groups is 2. The van der Waals surface area contributed by atoms with Gasteiger partial charge in [0, 0.05) is 12.3 Å². The van der Waals surface area contributed by atoms with E-state index in [-0.39, 0.29) is 24.0 Å². The summed E-state index contributed by atoms with van der Waals surface area (Å²) in [7, 11) is -0.931. The van der Waals surface area contributed by atoms with Crippen LogP contribution < -0.4 is 20.4 Å². The zero-order valence-electron chi connectivity index (χ0n) is 29.2. The van der Waals surface area contributed by atoms with Crippen molar-refractivity contribution in [2.24, 2.45) is 0 Å². The number of benzene rings is 5. The molecule has 1 aliphatic carbocycles. The van der Waals surface area contributed by atoms with E-state index in [2.05, 4.69) is 111 Å². The minimum absolute atomic E-state index is 0.0477. The number of amides is 1. The Labute approximate surface area is 296 Å². The second-order valence-corrected chi connectivity index (χ2v) is 18.8. The predicted octanol–water partition coefficient (Wildman–Crippen LogP) is 7.75. The summed E-state index contributed by atoms with van der Waals surface area (Å²) in [6.45, 7) is 7.78. The second-order valence-electron chi connectivity index (χ2n) is 13.9. The lowest BCUT2D eigenvalue weighted by atomic mass is 9.98. The first-order valence-electron chi connectivity index (χ1n) is 17.2. The SMILES string of the molecule is COC(=O)[C@H](Cc1ccc(OCC[Si](c2ccccc2)(c2ccccc2)C(C)(C)C)cc1)NC(=O)OCC1c2ccccc2-c2ccccc21. The van der Waals surface area contributed by atoms with Crippen LogP contribution in [0.3, 0.4) is 0 Å². The number of fused-ring (bicyclic) bond motifs is 3. The van der Waals surface area contributed by atoms with Crippen molar-refractivity contribution in [3.8, 4) is 16.9 Å². The standard InChI is InChI=1S/C43H45NO5Si/c1-43(2,3)50(33-15-7-5-8-16-33,34-17-9-6-10-18-34)28-27-48-32-25-23-31(24-26-32)29-40(41(45)47-4)44-42(46)49-30-39-37-21-13-11-19-35(37)36-20-12-14-22-38(36)39/h5-26,39-40H,27-30H2,1-4H3,(H,44,46)/t40-/m0/s1. The molecule has 0 bridgehead atoms. The van der Waals surface area contributed by atoms with Crippen LogP contribution in [-0.2, 0) is 20.7 Å². The summed E-state index contributed by atoms with van der Waals surface area (Å²) in [6, 6.07) is 45.8. The van der Waals surface area contributed by atoms with Crippen LogP contribution in [-0.4, -0.2) is 46.5 Å². The fraction of sp³-hybridized carbons (Fsp3) is 0.256. The maximum Gasteiger partial charge on any atom is 0.407 e. The number of methoxy groups -OCH3 is 1. The van der Waals surface area contributed by atoms with Gasteiger partial charge in [0.1, 0.15) is 26.5 Å². The van der Waals surface area contributed by atoms with Crippen molar-refractivity contribution >= 4 is 30.5 Å². The largest absolute Gasteiger partial charge is 0.494 e. The molecule has 1 atom stereocenters. The third-order valence-electron chi connectivity index (χ3n) is 10.0. The summed E-state index contributed by atoms with van der Waals surface area (Å²) in [4.78, 5) is 25.8. The number of alkyl carbamates (subject to hydrolysis) is 1. The molecule has 256 valence electrons. The summed E-state index contributed by atoms with van der Waals surface area (Å²) in [6.07, 6.45) is -0.412. The smallest absolute Gasteiger partial charge is 0.407 e. The quantitative estimate of drug-likeness (QED) is 0.108. The highest BCUT2D eigenvalue weighted by atomic mass is 28.3. The highest BCUT2D eigenvalue weighted by Gasteiger charge is 2.47. The molecule has 0 spiro atoms. The van der Waals surface area contributed by atoms with Crippen LogP contribution in [0.2, 0.25) is 11.1 Å². The molecule has 0 fully saturated rings. The number of esters is 1. The zero-order chi connectivity index (χ0) is 35.1. The van der Waals surface area contributed by atoms with E-state index in [1.54, 1.807) is 0 Å². The Morgan fingerprint density at radius 2 is 1.24 bits per heavy atom. The topological polar surface area (TPSA) is 73.9 Å². The maximum atomic E-state index is 13.0. The molecular weight excluding hydrogens is 639 g/mol. The van der Waals surface area contributed by atoms with E-state index in [0.717, 1.165) is 39.6 Å². The highest BCUT2D eigenvalue weighted by Crippen LogP contribution is 2.44. The molecule has 0 heterocycles. The van der Waals surface area contributed by atoms with Crippen molar-refractivity contribution in [1.29, 1.82) is 0 Å². The number of ether oxygens (including phenoxy) is 3. The number of nitrogens with one attached hydrogen (secondary N) is 1. The number of rotatable bonds is 12. The number of hydrogen-bond donors (Lipinski definition) is 1. The Morgan fingerprint density at radius 3 is 1.76 bits per heavy atom. The molecule has 0 aromatic heterocycles. The average molecular weight is 684 g/mol. The molecule has 1 amide bonds. The van der Waals surface area contributed by atoms with Crippen molar-refractivity contribution in [3.05, 3.63) is 150 Å². The van der Waals surface area contributed by atoms with Crippen molar-refractivity contribution in [2.45, 2.75) is 50.2 Å². The van der Waals surface area contributed by atoms with E-state index in [0.29, 0.717) is 6.61 Å². The van der Waals surface area contributed by atoms with Gasteiger partial charge >= 0.3 is 12.1 Å². The second kappa shape index (κ2) is 15.2. The van der Waals surface area contributed by atoms with Gasteiger partial charge in [-0.25, -0.2) is 9.59 Å². The fourth-order valence-electron chi connectivity index (χ4n) is 7.54. The molecule has 0 saturated heterocycles. The Morgan fingerprint density at radius 1 is 0.720 bits per heavy atom. The van der Waals surface area contributed by atoms with Gasteiger partial charge in [-0.2, -0.15) is 0 Å². The first-order valence-corrected chi connectivity index (χ1v) is 19.4. The molecule has 0 saturated carbocycles. The van der Waals surface area contributed by atoms with Crippen molar-refractivity contribution in [3.63, 3.8) is 0 Å². The summed E-state index contributed by atoms with van der Waals surface area (Å²) in [5, 5.41) is 5.58. The van der Waals surface area contributed by atoms with Crippen LogP contribution in [0.5, 0.6) is 5.75 Å². The van der Waals surface area contributed by atoms with Gasteiger partial charge in [-0.1, -0.05) is 152 Å². The van der Waals surface area contributed by atoms with Crippen LogP contribution in [0.1, 0.15) is 43.4 Å². The predicted molar refractivity (Wildman–Crippen MR) is 202 cm³/mol. The maximum absolute atomic E-state index is 13.0. The van der Waals surface area contributed by atoms with E-state index in [9.17, 15) is 9.59 Å². The highest BCUT2D eigenvalue weighted by molar-refractivity contribution is 7.04. The van der Waals surface area contributed by atoms with Gasteiger partial charge in [0.05, 0.1) is 13.7 Å². The lowest BCUT2D eigenvalue weighted by Crippen LogP contribution is -2.64. The van der Waals surface area contributed by atoms with Gasteiger partial charge in [-0.05, 0) is 51.0 Å². The van der Waals surface area contributed by atoms with Crippen LogP contribution in [0, 0.1) is 0 Å². The Kier molecular flexibility index (Phi) is 10.5. The summed E-state index contributed by atoms with van der Waals surface area (Å²) in [5.41, 5.74) is 5.42.